The Morgan fingerprint density at radius 2 is 1.74 bits per heavy atom. The van der Waals surface area contributed by atoms with Crippen molar-refractivity contribution in [2.75, 3.05) is 5.32 Å². The van der Waals surface area contributed by atoms with Crippen molar-refractivity contribution in [3.63, 3.8) is 0 Å². The molecule has 0 bridgehead atoms. The Morgan fingerprint density at radius 1 is 1.05 bits per heavy atom. The minimum Gasteiger partial charge on any atom is -0.353 e. The van der Waals surface area contributed by atoms with Crippen molar-refractivity contribution in [3.8, 4) is 5.69 Å². The van der Waals surface area contributed by atoms with Crippen LogP contribution < -0.4 is 16.2 Å². The summed E-state index contributed by atoms with van der Waals surface area (Å²) >= 11 is 12.3. The highest BCUT2D eigenvalue weighted by atomic mass is 35.5. The number of amides is 2. The molecule has 1 saturated carbocycles. The predicted octanol–water partition coefficient (Wildman–Crippen LogP) is 5.86. The third kappa shape index (κ3) is 5.98. The van der Waals surface area contributed by atoms with E-state index >= 15 is 0 Å². The molecule has 2 N–H and O–H groups in total. The first-order chi connectivity index (χ1) is 19.7. The van der Waals surface area contributed by atoms with Gasteiger partial charge < -0.3 is 15.5 Å². The summed E-state index contributed by atoms with van der Waals surface area (Å²) in [5, 5.41) is 5.73. The Hall–Kier alpha value is -3.57. The van der Waals surface area contributed by atoms with Gasteiger partial charge in [0.25, 0.3) is 17.4 Å². The van der Waals surface area contributed by atoms with Crippen LogP contribution in [0.4, 0.5) is 19.1 Å². The van der Waals surface area contributed by atoms with Crippen LogP contribution in [0, 0.1) is 0 Å². The zero-order valence-electron chi connectivity index (χ0n) is 23.0. The van der Waals surface area contributed by atoms with Gasteiger partial charge in [0.05, 0.1) is 33.5 Å². The Balaban J connectivity index is 1.52. The van der Waals surface area contributed by atoms with E-state index in [4.69, 9.17) is 23.2 Å². The minimum absolute atomic E-state index is 0.0871. The third-order valence-electron chi connectivity index (χ3n) is 7.17. The maximum absolute atomic E-state index is 13.9. The molecule has 8 nitrogen and oxygen atoms in total. The number of hydrogen-bond donors (Lipinski definition) is 2. The molecule has 1 fully saturated rings. The van der Waals surface area contributed by atoms with Crippen LogP contribution in [0.5, 0.6) is 0 Å². The number of rotatable bonds is 6. The summed E-state index contributed by atoms with van der Waals surface area (Å²) in [6, 6.07) is 7.22. The first-order valence-corrected chi connectivity index (χ1v) is 14.2. The molecule has 1 aromatic heterocycles. The van der Waals surface area contributed by atoms with E-state index in [2.05, 4.69) is 15.6 Å². The molecule has 13 heteroatoms. The molecule has 3 aromatic rings. The fourth-order valence-corrected chi connectivity index (χ4v) is 5.37. The number of nitrogens with one attached hydrogen (secondary N) is 2. The molecule has 0 unspecified atom stereocenters. The number of carbonyl (C=O) groups excluding carboxylic acids is 2. The van der Waals surface area contributed by atoms with Gasteiger partial charge in [0.2, 0.25) is 5.95 Å². The number of benzene rings is 2. The highest BCUT2D eigenvalue weighted by molar-refractivity contribution is 6.33. The maximum atomic E-state index is 13.9. The Kier molecular flexibility index (Phi) is 8.02. The molecular formula is C29H28Cl2F3N5O3. The highest BCUT2D eigenvalue weighted by Crippen LogP contribution is 2.36. The second-order valence-corrected chi connectivity index (χ2v) is 11.7. The van der Waals surface area contributed by atoms with E-state index in [9.17, 15) is 27.6 Å². The summed E-state index contributed by atoms with van der Waals surface area (Å²) in [4.78, 5) is 45.9. The van der Waals surface area contributed by atoms with Gasteiger partial charge in [-0.25, -0.2) is 9.55 Å². The number of alkyl halides is 3. The van der Waals surface area contributed by atoms with Crippen molar-refractivity contribution in [2.45, 2.75) is 70.9 Å². The van der Waals surface area contributed by atoms with Gasteiger partial charge in [-0.3, -0.25) is 14.4 Å². The van der Waals surface area contributed by atoms with Gasteiger partial charge in [-0.15, -0.1) is 0 Å². The van der Waals surface area contributed by atoms with Gasteiger partial charge in [0, 0.05) is 34.8 Å². The number of fused-ring (bicyclic) bond motifs is 1. The van der Waals surface area contributed by atoms with Gasteiger partial charge in [0.15, 0.2) is 0 Å². The SMILES string of the molecule is CC(C)Nc1nc2c(c(=O)n1-c1ccc(C(=O)NC3CC3)cc1Cl)C[C@@H](C)N(C(=O)c1ccc(Cl)c(C(F)(F)F)c1)C2. The van der Waals surface area contributed by atoms with E-state index in [-0.39, 0.29) is 47.5 Å². The van der Waals surface area contributed by atoms with Crippen molar-refractivity contribution < 1.29 is 22.8 Å². The maximum Gasteiger partial charge on any atom is 0.417 e. The van der Waals surface area contributed by atoms with Gasteiger partial charge in [-0.2, -0.15) is 13.2 Å². The van der Waals surface area contributed by atoms with Crippen LogP contribution >= 0.6 is 23.2 Å². The average Bonchev–Trinajstić information content (AvgIpc) is 3.72. The predicted molar refractivity (Wildman–Crippen MR) is 154 cm³/mol. The Morgan fingerprint density at radius 3 is 2.36 bits per heavy atom. The lowest BCUT2D eigenvalue weighted by molar-refractivity contribution is -0.137. The number of aromatic nitrogens is 2. The second-order valence-electron chi connectivity index (χ2n) is 10.9. The molecule has 42 heavy (non-hydrogen) atoms. The Bertz CT molecular complexity index is 1640. The van der Waals surface area contributed by atoms with Gasteiger partial charge in [-0.05, 0) is 76.4 Å². The Labute approximate surface area is 249 Å². The smallest absolute Gasteiger partial charge is 0.353 e. The quantitative estimate of drug-likeness (QED) is 0.359. The molecule has 2 aromatic carbocycles. The number of anilines is 1. The first kappa shape index (κ1) is 29.9. The lowest BCUT2D eigenvalue weighted by Gasteiger charge is -2.35. The van der Waals surface area contributed by atoms with Crippen molar-refractivity contribution in [1.82, 2.24) is 19.8 Å². The van der Waals surface area contributed by atoms with Gasteiger partial charge >= 0.3 is 6.18 Å². The second kappa shape index (κ2) is 11.3. The zero-order chi connectivity index (χ0) is 30.5. The van der Waals surface area contributed by atoms with E-state index in [0.29, 0.717) is 22.5 Å². The lowest BCUT2D eigenvalue weighted by atomic mass is 9.98. The fourth-order valence-electron chi connectivity index (χ4n) is 4.88. The van der Waals surface area contributed by atoms with Gasteiger partial charge in [-0.1, -0.05) is 23.2 Å². The summed E-state index contributed by atoms with van der Waals surface area (Å²) in [6.07, 6.45) is -2.73. The lowest BCUT2D eigenvalue weighted by Crippen LogP contribution is -2.46. The molecule has 1 aliphatic carbocycles. The molecule has 222 valence electrons. The van der Waals surface area contributed by atoms with Crippen LogP contribution in [0.3, 0.4) is 0 Å². The van der Waals surface area contributed by atoms with Crippen LogP contribution in [-0.4, -0.2) is 44.4 Å². The average molecular weight is 622 g/mol. The molecule has 5 rings (SSSR count). The van der Waals surface area contributed by atoms with Crippen LogP contribution in [0.1, 0.15) is 71.1 Å². The number of carbonyl (C=O) groups is 2. The van der Waals surface area contributed by atoms with Crippen molar-refractivity contribution in [2.24, 2.45) is 0 Å². The van der Waals surface area contributed by atoms with E-state index in [0.717, 1.165) is 25.0 Å². The molecule has 0 spiro atoms. The van der Waals surface area contributed by atoms with Gasteiger partial charge in [0.1, 0.15) is 0 Å². The standard InChI is InChI=1S/C29H28Cl2F3N5O3/c1-14(2)35-28-37-23-13-38(26(41)17-4-8-21(30)20(11-17)29(32,33)34)15(3)10-19(23)27(42)39(28)24-9-5-16(12-22(24)31)25(40)36-18-6-7-18/h4-5,8-9,11-12,14-15,18H,6-7,10,13H2,1-3H3,(H,35,37)(H,36,40)/t15-/m1/s1. The van der Waals surface area contributed by atoms with Crippen LogP contribution in [-0.2, 0) is 19.1 Å². The first-order valence-electron chi connectivity index (χ1n) is 13.4. The third-order valence-corrected chi connectivity index (χ3v) is 7.81. The molecule has 0 saturated heterocycles. The van der Waals surface area contributed by atoms with E-state index in [1.807, 2.05) is 13.8 Å². The molecule has 2 aliphatic rings. The summed E-state index contributed by atoms with van der Waals surface area (Å²) in [5.74, 6) is -0.703. The molecule has 1 atom stereocenters. The van der Waals surface area contributed by atoms with Crippen molar-refractivity contribution in [1.29, 1.82) is 0 Å². The fraction of sp³-hybridized carbons (Fsp3) is 0.379. The summed E-state index contributed by atoms with van der Waals surface area (Å²) in [6.45, 7) is 5.35. The van der Waals surface area contributed by atoms with Crippen LogP contribution in [0.25, 0.3) is 5.69 Å². The monoisotopic (exact) mass is 621 g/mol. The summed E-state index contributed by atoms with van der Waals surface area (Å²) in [5.41, 5.74) is -0.287. The topological polar surface area (TPSA) is 96.3 Å². The molecule has 0 radical (unpaired) electrons. The number of nitrogens with zero attached hydrogens (tertiary/aromatic N) is 3. The number of halogens is 5. The minimum atomic E-state index is -4.72. The molecule has 1 aliphatic heterocycles. The zero-order valence-corrected chi connectivity index (χ0v) is 24.5. The van der Waals surface area contributed by atoms with Crippen molar-refractivity contribution >= 4 is 41.0 Å². The number of hydrogen-bond acceptors (Lipinski definition) is 5. The molecule has 2 amide bonds. The van der Waals surface area contributed by atoms with E-state index < -0.39 is 34.3 Å². The molecule has 2 heterocycles. The van der Waals surface area contributed by atoms with E-state index in [1.165, 1.54) is 21.6 Å². The van der Waals surface area contributed by atoms with Crippen LogP contribution in [0.15, 0.2) is 41.2 Å². The normalized spacial score (nSPS) is 16.8. The molecular weight excluding hydrogens is 594 g/mol. The van der Waals surface area contributed by atoms with Crippen LogP contribution in [0.2, 0.25) is 10.0 Å². The highest BCUT2D eigenvalue weighted by Gasteiger charge is 2.36. The summed E-state index contributed by atoms with van der Waals surface area (Å²) < 4.78 is 41.6. The van der Waals surface area contributed by atoms with E-state index in [1.54, 1.807) is 19.1 Å². The van der Waals surface area contributed by atoms with Crippen molar-refractivity contribution in [3.05, 3.63) is 84.7 Å². The summed E-state index contributed by atoms with van der Waals surface area (Å²) in [7, 11) is 0. The largest absolute Gasteiger partial charge is 0.417 e.